The number of nitrogens with zero attached hydrogens (tertiary/aromatic N) is 3. The van der Waals surface area contributed by atoms with Crippen LogP contribution in [0.2, 0.25) is 0 Å². The van der Waals surface area contributed by atoms with Crippen molar-refractivity contribution < 1.29 is 14.7 Å². The van der Waals surface area contributed by atoms with Crippen LogP contribution in [-0.4, -0.2) is 31.6 Å². The molecule has 2 heterocycles. The van der Waals surface area contributed by atoms with Crippen molar-refractivity contribution in [2.45, 2.75) is 39.5 Å². The Bertz CT molecular complexity index is 901. The quantitative estimate of drug-likeness (QED) is 0.794. The van der Waals surface area contributed by atoms with Crippen molar-refractivity contribution in [3.8, 4) is 5.95 Å². The fourth-order valence-corrected chi connectivity index (χ4v) is 3.36. The van der Waals surface area contributed by atoms with Gasteiger partial charge in [0.05, 0.1) is 5.69 Å². The largest absolute Gasteiger partial charge is 0.550 e. The molecule has 0 bridgehead atoms. The van der Waals surface area contributed by atoms with Crippen LogP contribution in [0.15, 0.2) is 16.9 Å². The molecule has 3 rings (SSSR count). The summed E-state index contributed by atoms with van der Waals surface area (Å²) in [6, 6.07) is 2.99. The molecule has 1 fully saturated rings. The minimum atomic E-state index is -1.20. The second kappa shape index (κ2) is 7.11. The first-order chi connectivity index (χ1) is 12.3. The molecule has 0 spiro atoms. The van der Waals surface area contributed by atoms with Gasteiger partial charge in [0.1, 0.15) is 5.82 Å². The summed E-state index contributed by atoms with van der Waals surface area (Å²) in [7, 11) is 0. The monoisotopic (exact) mass is 358 g/mol. The molecule has 0 radical (unpaired) electrons. The highest BCUT2D eigenvalue weighted by Crippen LogP contribution is 2.31. The number of carbonyl (C=O) groups is 2. The molecule has 0 aromatic carbocycles. The van der Waals surface area contributed by atoms with Crippen LogP contribution in [-0.2, 0) is 9.59 Å². The standard InChI is InChI=1S/C17H21N5O4/c1-9-8-14(23)20-17(18-9)22-13(7-10(2)21-22)19-15(24)11-5-3-4-6-12(11)16(25)26/h7-8,11-12H,3-6H2,1-2H3,(H,19,24)(H,25,26)(H,18,20,23)/p-1/t11-,12-/m1/s1. The number of carboxylic acid groups (broad SMARTS) is 1. The zero-order valence-corrected chi connectivity index (χ0v) is 14.6. The van der Waals surface area contributed by atoms with Crippen molar-refractivity contribution in [2.24, 2.45) is 11.8 Å². The molecule has 1 amide bonds. The molecule has 138 valence electrons. The zero-order chi connectivity index (χ0) is 18.8. The SMILES string of the molecule is Cc1cc(=O)[nH]c(-n2nc(C)cc2NC(=O)[C@@H]2CCCC[C@H]2C(=O)[O-])n1. The molecule has 9 heteroatoms. The van der Waals surface area contributed by atoms with E-state index in [0.717, 1.165) is 12.8 Å². The Labute approximate surface area is 149 Å². The summed E-state index contributed by atoms with van der Waals surface area (Å²) in [5.41, 5.74) is 0.797. The maximum Gasteiger partial charge on any atom is 0.252 e. The number of amides is 1. The average Bonchev–Trinajstić information content (AvgIpc) is 2.94. The van der Waals surface area contributed by atoms with E-state index in [4.69, 9.17) is 0 Å². The fourth-order valence-electron chi connectivity index (χ4n) is 3.36. The molecule has 1 aliphatic carbocycles. The molecule has 0 unspecified atom stereocenters. The van der Waals surface area contributed by atoms with Crippen LogP contribution in [0.5, 0.6) is 0 Å². The summed E-state index contributed by atoms with van der Waals surface area (Å²) >= 11 is 0. The maximum absolute atomic E-state index is 12.7. The lowest BCUT2D eigenvalue weighted by Crippen LogP contribution is -2.42. The van der Waals surface area contributed by atoms with Crippen LogP contribution in [0.3, 0.4) is 0 Å². The number of rotatable bonds is 4. The Morgan fingerprint density at radius 2 is 1.88 bits per heavy atom. The molecule has 2 N–H and O–H groups in total. The summed E-state index contributed by atoms with van der Waals surface area (Å²) in [6.45, 7) is 3.42. The molecule has 0 saturated heterocycles. The third-order valence-corrected chi connectivity index (χ3v) is 4.55. The molecule has 2 aromatic heterocycles. The molecular formula is C17H20N5O4-. The molecule has 1 saturated carbocycles. The molecule has 0 aliphatic heterocycles. The van der Waals surface area contributed by atoms with E-state index in [1.807, 2.05) is 0 Å². The number of aryl methyl sites for hydroxylation is 2. The number of nitrogens with one attached hydrogen (secondary N) is 2. The van der Waals surface area contributed by atoms with Gasteiger partial charge in [-0.15, -0.1) is 0 Å². The van der Waals surface area contributed by atoms with Crippen molar-refractivity contribution in [3.05, 3.63) is 33.9 Å². The highest BCUT2D eigenvalue weighted by Gasteiger charge is 2.32. The molecule has 9 nitrogen and oxygen atoms in total. The van der Waals surface area contributed by atoms with Crippen LogP contribution < -0.4 is 16.0 Å². The maximum atomic E-state index is 12.7. The number of hydrogen-bond donors (Lipinski definition) is 2. The highest BCUT2D eigenvalue weighted by atomic mass is 16.4. The van der Waals surface area contributed by atoms with E-state index in [1.54, 1.807) is 19.9 Å². The number of aromatic nitrogens is 4. The predicted molar refractivity (Wildman–Crippen MR) is 90.5 cm³/mol. The normalized spacial score (nSPS) is 19.9. The summed E-state index contributed by atoms with van der Waals surface area (Å²) < 4.78 is 1.33. The van der Waals surface area contributed by atoms with Gasteiger partial charge in [-0.2, -0.15) is 9.78 Å². The number of hydrogen-bond acceptors (Lipinski definition) is 6. The van der Waals surface area contributed by atoms with E-state index in [9.17, 15) is 19.5 Å². The highest BCUT2D eigenvalue weighted by molar-refractivity contribution is 5.94. The third kappa shape index (κ3) is 3.66. The van der Waals surface area contributed by atoms with Crippen LogP contribution in [0, 0.1) is 25.7 Å². The van der Waals surface area contributed by atoms with E-state index in [0.29, 0.717) is 30.0 Å². The number of carboxylic acids is 1. The van der Waals surface area contributed by atoms with E-state index in [1.165, 1.54) is 10.7 Å². The summed E-state index contributed by atoms with van der Waals surface area (Å²) in [6.07, 6.45) is 2.50. The molecule has 2 aromatic rings. The van der Waals surface area contributed by atoms with Crippen LogP contribution in [0.25, 0.3) is 5.95 Å². The summed E-state index contributed by atoms with van der Waals surface area (Å²) in [5.74, 6) is -2.53. The van der Waals surface area contributed by atoms with Crippen molar-refractivity contribution in [3.63, 3.8) is 0 Å². The molecule has 26 heavy (non-hydrogen) atoms. The average molecular weight is 358 g/mol. The number of aliphatic carboxylic acids is 1. The minimum Gasteiger partial charge on any atom is -0.550 e. The lowest BCUT2D eigenvalue weighted by Gasteiger charge is -2.31. The van der Waals surface area contributed by atoms with Crippen LogP contribution >= 0.6 is 0 Å². The third-order valence-electron chi connectivity index (χ3n) is 4.55. The van der Waals surface area contributed by atoms with Gasteiger partial charge in [0.25, 0.3) is 5.56 Å². The van der Waals surface area contributed by atoms with Crippen molar-refractivity contribution >= 4 is 17.7 Å². The fraction of sp³-hybridized carbons (Fsp3) is 0.471. The predicted octanol–water partition coefficient (Wildman–Crippen LogP) is 0.0672. The summed E-state index contributed by atoms with van der Waals surface area (Å²) in [5, 5.41) is 18.3. The zero-order valence-electron chi connectivity index (χ0n) is 14.6. The molecular weight excluding hydrogens is 338 g/mol. The number of carbonyl (C=O) groups excluding carboxylic acids is 2. The Hall–Kier alpha value is -2.97. The minimum absolute atomic E-state index is 0.179. The van der Waals surface area contributed by atoms with Gasteiger partial charge in [-0.1, -0.05) is 12.8 Å². The van der Waals surface area contributed by atoms with Gasteiger partial charge >= 0.3 is 0 Å². The second-order valence-electron chi connectivity index (χ2n) is 6.60. The van der Waals surface area contributed by atoms with Crippen LogP contribution in [0.4, 0.5) is 5.82 Å². The molecule has 1 aliphatic rings. The Kier molecular flexibility index (Phi) is 4.88. The van der Waals surface area contributed by atoms with E-state index >= 15 is 0 Å². The topological polar surface area (TPSA) is 133 Å². The first-order valence-electron chi connectivity index (χ1n) is 8.52. The first-order valence-corrected chi connectivity index (χ1v) is 8.52. The lowest BCUT2D eigenvalue weighted by molar-refractivity contribution is -0.313. The van der Waals surface area contributed by atoms with Crippen molar-refractivity contribution in [2.75, 3.05) is 5.32 Å². The van der Waals surface area contributed by atoms with Gasteiger partial charge < -0.3 is 15.2 Å². The second-order valence-corrected chi connectivity index (χ2v) is 6.60. The van der Waals surface area contributed by atoms with Gasteiger partial charge in [0.2, 0.25) is 11.9 Å². The van der Waals surface area contributed by atoms with Crippen molar-refractivity contribution in [1.82, 2.24) is 19.7 Å². The lowest BCUT2D eigenvalue weighted by atomic mass is 9.79. The first kappa shape index (κ1) is 17.8. The van der Waals surface area contributed by atoms with E-state index in [2.05, 4.69) is 20.4 Å². The number of anilines is 1. The van der Waals surface area contributed by atoms with Gasteiger partial charge in [-0.3, -0.25) is 14.6 Å². The molecule has 2 atom stereocenters. The van der Waals surface area contributed by atoms with E-state index in [-0.39, 0.29) is 11.5 Å². The van der Waals surface area contributed by atoms with Gasteiger partial charge in [-0.25, -0.2) is 4.98 Å². The Balaban J connectivity index is 1.89. The smallest absolute Gasteiger partial charge is 0.252 e. The Morgan fingerprint density at radius 3 is 2.54 bits per heavy atom. The number of H-pyrrole nitrogens is 1. The van der Waals surface area contributed by atoms with E-state index < -0.39 is 23.7 Å². The number of aromatic amines is 1. The summed E-state index contributed by atoms with van der Waals surface area (Å²) in [4.78, 5) is 42.5. The van der Waals surface area contributed by atoms with Gasteiger partial charge in [0.15, 0.2) is 0 Å². The van der Waals surface area contributed by atoms with Crippen molar-refractivity contribution in [1.29, 1.82) is 0 Å². The Morgan fingerprint density at radius 1 is 1.19 bits per heavy atom. The van der Waals surface area contributed by atoms with Gasteiger partial charge in [0, 0.05) is 35.6 Å². The van der Waals surface area contributed by atoms with Crippen LogP contribution in [0.1, 0.15) is 37.1 Å². The van der Waals surface area contributed by atoms with Gasteiger partial charge in [-0.05, 0) is 26.7 Å².